The summed E-state index contributed by atoms with van der Waals surface area (Å²) in [4.78, 5) is 37.0. The molecule has 0 aromatic heterocycles. The summed E-state index contributed by atoms with van der Waals surface area (Å²) in [6, 6.07) is 11.3. The van der Waals surface area contributed by atoms with Gasteiger partial charge in [-0.1, -0.05) is 19.1 Å². The van der Waals surface area contributed by atoms with Gasteiger partial charge in [-0.15, -0.1) is 0 Å². The predicted octanol–water partition coefficient (Wildman–Crippen LogP) is 3.03. The molecule has 1 fully saturated rings. The second-order valence-electron chi connectivity index (χ2n) is 9.43. The zero-order valence-corrected chi connectivity index (χ0v) is 23.6. The third kappa shape index (κ3) is 10.2. The Morgan fingerprint density at radius 2 is 1.54 bits per heavy atom. The molecule has 1 saturated heterocycles. The molecule has 3 rings (SSSR count). The Balaban J connectivity index is 0.000000745. The van der Waals surface area contributed by atoms with Crippen LogP contribution in [0.4, 0.5) is 24.5 Å². The Hall–Kier alpha value is -3.85. The lowest BCUT2D eigenvalue weighted by Crippen LogP contribution is -2.50. The molecule has 41 heavy (non-hydrogen) atoms. The van der Waals surface area contributed by atoms with Crippen molar-refractivity contribution in [3.05, 3.63) is 53.6 Å². The summed E-state index contributed by atoms with van der Waals surface area (Å²) < 4.78 is 59.8. The van der Waals surface area contributed by atoms with Crippen LogP contribution in [-0.4, -0.2) is 86.3 Å². The van der Waals surface area contributed by atoms with Crippen molar-refractivity contribution in [1.29, 1.82) is 0 Å². The Kier molecular flexibility index (Phi) is 11.5. The van der Waals surface area contributed by atoms with E-state index in [9.17, 15) is 36.3 Å². The van der Waals surface area contributed by atoms with Crippen molar-refractivity contribution in [1.82, 2.24) is 10.2 Å². The number of aromatic carboxylic acids is 1. The van der Waals surface area contributed by atoms with Gasteiger partial charge in [-0.05, 0) is 56.2 Å². The number of sulfonamides is 1. The number of hydrogen-bond acceptors (Lipinski definition) is 7. The molecule has 226 valence electrons. The van der Waals surface area contributed by atoms with Crippen molar-refractivity contribution in [2.24, 2.45) is 0 Å². The molecular weight excluding hydrogens is 569 g/mol. The summed E-state index contributed by atoms with van der Waals surface area (Å²) in [5, 5.41) is 19.7. The van der Waals surface area contributed by atoms with Gasteiger partial charge < -0.3 is 20.4 Å². The highest BCUT2D eigenvalue weighted by Gasteiger charge is 2.38. The van der Waals surface area contributed by atoms with E-state index >= 15 is 0 Å². The number of carbonyl (C=O) groups is 3. The molecule has 11 nitrogen and oxygen atoms in total. The molecule has 1 aliphatic rings. The molecule has 4 N–H and O–H groups in total. The van der Waals surface area contributed by atoms with Crippen LogP contribution in [0.15, 0.2) is 47.4 Å². The average molecular weight is 603 g/mol. The van der Waals surface area contributed by atoms with Crippen LogP contribution in [-0.2, 0) is 26.0 Å². The molecule has 0 spiro atoms. The number of hydrogen-bond donors (Lipinski definition) is 4. The van der Waals surface area contributed by atoms with E-state index < -0.39 is 28.1 Å². The van der Waals surface area contributed by atoms with Gasteiger partial charge in [0.25, 0.3) is 10.0 Å². The standard InChI is InChI=1S/C24H32N4O5S.C2HF3O2/c1-4-18-5-8-20(9-6-18)34(32,33)26-22-10-7-19(15-21(22)24(30)31)28-13-11-27(12-14-28)16-23(29)25-17(2)3;3-2(4,5)1(6)7/h5-10,15,17,26H,4,11-14,16H2,1-3H3,(H,25,29)(H,30,31);(H,6,7). The van der Waals surface area contributed by atoms with E-state index in [0.717, 1.165) is 12.0 Å². The zero-order chi connectivity index (χ0) is 31.0. The van der Waals surface area contributed by atoms with Gasteiger partial charge in [0.1, 0.15) is 0 Å². The number of nitrogens with zero attached hydrogens (tertiary/aromatic N) is 2. The second kappa shape index (κ2) is 14.2. The molecule has 1 amide bonds. The Morgan fingerprint density at radius 1 is 0.976 bits per heavy atom. The molecule has 0 bridgehead atoms. The maximum absolute atomic E-state index is 12.8. The number of aliphatic carboxylic acids is 1. The van der Waals surface area contributed by atoms with Crippen molar-refractivity contribution in [2.75, 3.05) is 42.3 Å². The maximum Gasteiger partial charge on any atom is 0.490 e. The zero-order valence-electron chi connectivity index (χ0n) is 22.7. The van der Waals surface area contributed by atoms with Crippen LogP contribution in [0.5, 0.6) is 0 Å². The number of alkyl halides is 3. The van der Waals surface area contributed by atoms with Gasteiger partial charge >= 0.3 is 18.1 Å². The molecule has 2 aromatic rings. The lowest BCUT2D eigenvalue weighted by atomic mass is 10.1. The summed E-state index contributed by atoms with van der Waals surface area (Å²) in [6.07, 6.45) is -4.29. The fourth-order valence-electron chi connectivity index (χ4n) is 3.84. The number of halogens is 3. The topological polar surface area (TPSA) is 156 Å². The summed E-state index contributed by atoms with van der Waals surface area (Å²) in [6.45, 7) is 8.72. The van der Waals surface area contributed by atoms with Crippen LogP contribution >= 0.6 is 0 Å². The van der Waals surface area contributed by atoms with Crippen LogP contribution in [0.2, 0.25) is 0 Å². The van der Waals surface area contributed by atoms with Gasteiger partial charge in [-0.2, -0.15) is 13.2 Å². The van der Waals surface area contributed by atoms with Gasteiger partial charge in [-0.25, -0.2) is 18.0 Å². The van der Waals surface area contributed by atoms with Crippen molar-refractivity contribution >= 4 is 39.2 Å². The van der Waals surface area contributed by atoms with Crippen molar-refractivity contribution in [3.8, 4) is 0 Å². The highest BCUT2D eigenvalue weighted by Crippen LogP contribution is 2.27. The average Bonchev–Trinajstić information content (AvgIpc) is 2.88. The number of amides is 1. The number of rotatable bonds is 9. The third-order valence-corrected chi connectivity index (χ3v) is 7.30. The van der Waals surface area contributed by atoms with Gasteiger partial charge in [-0.3, -0.25) is 14.4 Å². The van der Waals surface area contributed by atoms with Crippen LogP contribution < -0.4 is 14.9 Å². The number of nitrogens with one attached hydrogen (secondary N) is 2. The first-order chi connectivity index (χ1) is 19.0. The summed E-state index contributed by atoms with van der Waals surface area (Å²) in [5.74, 6) is -3.99. The molecular formula is C26H33F3N4O7S. The second-order valence-corrected chi connectivity index (χ2v) is 11.1. The maximum atomic E-state index is 12.8. The smallest absolute Gasteiger partial charge is 0.478 e. The van der Waals surface area contributed by atoms with E-state index in [1.165, 1.54) is 24.3 Å². The number of anilines is 2. The summed E-state index contributed by atoms with van der Waals surface area (Å²) in [7, 11) is -3.93. The van der Waals surface area contributed by atoms with Crippen LogP contribution in [0, 0.1) is 0 Å². The van der Waals surface area contributed by atoms with Crippen LogP contribution in [0.1, 0.15) is 36.7 Å². The number of piperazine rings is 1. The van der Waals surface area contributed by atoms with Gasteiger partial charge in [0.2, 0.25) is 5.91 Å². The number of carbonyl (C=O) groups excluding carboxylic acids is 1. The van der Waals surface area contributed by atoms with Crippen molar-refractivity contribution in [3.63, 3.8) is 0 Å². The van der Waals surface area contributed by atoms with E-state index in [4.69, 9.17) is 9.90 Å². The summed E-state index contributed by atoms with van der Waals surface area (Å²) >= 11 is 0. The predicted molar refractivity (Wildman–Crippen MR) is 146 cm³/mol. The van der Waals surface area contributed by atoms with Crippen molar-refractivity contribution in [2.45, 2.75) is 44.3 Å². The fourth-order valence-corrected chi connectivity index (χ4v) is 4.92. The SMILES string of the molecule is CCc1ccc(S(=O)(=O)Nc2ccc(N3CCN(CC(=O)NC(C)C)CC3)cc2C(=O)O)cc1.O=C(O)C(F)(F)F. The lowest BCUT2D eigenvalue weighted by molar-refractivity contribution is -0.192. The quantitative estimate of drug-likeness (QED) is 0.339. The van der Waals surface area contributed by atoms with E-state index in [1.54, 1.807) is 18.2 Å². The number of carboxylic acids is 2. The fraction of sp³-hybridized carbons (Fsp3) is 0.423. The number of aryl methyl sites for hydroxylation is 1. The third-order valence-electron chi connectivity index (χ3n) is 5.92. The van der Waals surface area contributed by atoms with Gasteiger partial charge in [0, 0.05) is 37.9 Å². The molecule has 0 aliphatic carbocycles. The first-order valence-electron chi connectivity index (χ1n) is 12.6. The van der Waals surface area contributed by atoms with Gasteiger partial charge in [0.05, 0.1) is 22.7 Å². The molecule has 0 unspecified atom stereocenters. The molecule has 0 radical (unpaired) electrons. The normalized spacial score (nSPS) is 14.2. The van der Waals surface area contributed by atoms with E-state index in [0.29, 0.717) is 38.4 Å². The monoisotopic (exact) mass is 602 g/mol. The van der Waals surface area contributed by atoms with Gasteiger partial charge in [0.15, 0.2) is 0 Å². The highest BCUT2D eigenvalue weighted by molar-refractivity contribution is 7.92. The molecule has 0 saturated carbocycles. The Morgan fingerprint density at radius 3 is 2.00 bits per heavy atom. The van der Waals surface area contributed by atoms with Crippen molar-refractivity contribution < 1.29 is 46.2 Å². The minimum atomic E-state index is -5.08. The first kappa shape index (κ1) is 33.4. The molecule has 0 atom stereocenters. The molecule has 2 aromatic carbocycles. The minimum absolute atomic E-state index is 0.0137. The molecule has 1 aliphatic heterocycles. The largest absolute Gasteiger partial charge is 0.490 e. The first-order valence-corrected chi connectivity index (χ1v) is 14.1. The van der Waals surface area contributed by atoms with E-state index in [2.05, 4.69) is 14.9 Å². The Labute approximate surface area is 236 Å². The Bertz CT molecular complexity index is 1330. The number of carboxylic acid groups (broad SMARTS) is 2. The lowest BCUT2D eigenvalue weighted by Gasteiger charge is -2.36. The molecule has 15 heteroatoms. The minimum Gasteiger partial charge on any atom is -0.478 e. The van der Waals surface area contributed by atoms with Crippen LogP contribution in [0.25, 0.3) is 0 Å². The van der Waals surface area contributed by atoms with Crippen LogP contribution in [0.3, 0.4) is 0 Å². The number of benzene rings is 2. The van der Waals surface area contributed by atoms with E-state index in [-0.39, 0.29) is 28.1 Å². The molecule has 1 heterocycles. The summed E-state index contributed by atoms with van der Waals surface area (Å²) in [5.41, 5.74) is 1.60. The highest BCUT2D eigenvalue weighted by atomic mass is 32.2. The van der Waals surface area contributed by atoms with E-state index in [1.807, 2.05) is 25.7 Å².